The van der Waals surface area contributed by atoms with Crippen molar-refractivity contribution in [2.45, 2.75) is 44.6 Å². The summed E-state index contributed by atoms with van der Waals surface area (Å²) in [6, 6.07) is 0.638. The summed E-state index contributed by atoms with van der Waals surface area (Å²) in [4.78, 5) is 19.2. The monoisotopic (exact) mass is 286 g/mol. The van der Waals surface area contributed by atoms with E-state index in [1.807, 2.05) is 7.05 Å². The minimum absolute atomic E-state index is 0.638. The molecule has 2 aromatic heterocycles. The Bertz CT molecular complexity index is 634. The van der Waals surface area contributed by atoms with Gasteiger partial charge in [-0.1, -0.05) is 12.8 Å². The lowest BCUT2D eigenvalue weighted by atomic mass is 9.78. The maximum absolute atomic E-state index is 4.74. The molecule has 1 saturated carbocycles. The lowest BCUT2D eigenvalue weighted by molar-refractivity contribution is 0.243. The highest BCUT2D eigenvalue weighted by atomic mass is 15.3. The maximum Gasteiger partial charge on any atom is 0.226 e. The van der Waals surface area contributed by atoms with Crippen molar-refractivity contribution in [2.75, 3.05) is 23.8 Å². The van der Waals surface area contributed by atoms with E-state index in [4.69, 9.17) is 4.98 Å². The minimum Gasteiger partial charge on any atom is -0.357 e. The van der Waals surface area contributed by atoms with Gasteiger partial charge >= 0.3 is 0 Å². The highest BCUT2D eigenvalue weighted by Crippen LogP contribution is 2.38. The molecule has 2 fully saturated rings. The molecule has 1 saturated heterocycles. The molecule has 3 heterocycles. The number of aromatic amines is 1. The molecule has 1 aliphatic carbocycles. The predicted molar refractivity (Wildman–Crippen MR) is 83.6 cm³/mol. The number of nitrogens with one attached hydrogen (secondary N) is 2. The molecule has 0 spiro atoms. The molecule has 2 aliphatic rings. The third-order valence-corrected chi connectivity index (χ3v) is 5.01. The van der Waals surface area contributed by atoms with Gasteiger partial charge in [-0.3, -0.25) is 0 Å². The predicted octanol–water partition coefficient (Wildman–Crippen LogP) is 2.55. The topological polar surface area (TPSA) is 69.7 Å². The van der Waals surface area contributed by atoms with E-state index in [0.29, 0.717) is 12.0 Å². The molecule has 2 N–H and O–H groups in total. The molecule has 112 valence electrons. The van der Waals surface area contributed by atoms with E-state index in [0.717, 1.165) is 29.4 Å². The molecule has 0 bridgehead atoms. The molecule has 6 nitrogen and oxygen atoms in total. The molecule has 2 unspecified atom stereocenters. The van der Waals surface area contributed by atoms with Crippen molar-refractivity contribution in [3.05, 3.63) is 6.33 Å². The molecule has 0 radical (unpaired) electrons. The zero-order valence-corrected chi connectivity index (χ0v) is 12.5. The van der Waals surface area contributed by atoms with Crippen LogP contribution in [0.4, 0.5) is 11.8 Å². The summed E-state index contributed by atoms with van der Waals surface area (Å²) < 4.78 is 0. The van der Waals surface area contributed by atoms with Crippen LogP contribution in [-0.2, 0) is 0 Å². The third-order valence-electron chi connectivity index (χ3n) is 5.01. The van der Waals surface area contributed by atoms with Crippen LogP contribution < -0.4 is 10.2 Å². The van der Waals surface area contributed by atoms with Gasteiger partial charge in [0.1, 0.15) is 5.52 Å². The second-order valence-electron chi connectivity index (χ2n) is 6.17. The van der Waals surface area contributed by atoms with E-state index < -0.39 is 0 Å². The van der Waals surface area contributed by atoms with E-state index in [-0.39, 0.29) is 0 Å². The Labute approximate surface area is 124 Å². The van der Waals surface area contributed by atoms with Crippen molar-refractivity contribution in [3.63, 3.8) is 0 Å². The maximum atomic E-state index is 4.74. The van der Waals surface area contributed by atoms with E-state index in [2.05, 4.69) is 25.2 Å². The number of H-pyrrole nitrogens is 1. The van der Waals surface area contributed by atoms with Crippen LogP contribution >= 0.6 is 0 Å². The van der Waals surface area contributed by atoms with Gasteiger partial charge < -0.3 is 15.2 Å². The Kier molecular flexibility index (Phi) is 3.16. The summed E-state index contributed by atoms with van der Waals surface area (Å²) in [6.45, 7) is 1.09. The van der Waals surface area contributed by atoms with Crippen molar-refractivity contribution >= 4 is 22.9 Å². The number of hydrogen-bond acceptors (Lipinski definition) is 5. The number of piperidine rings is 1. The van der Waals surface area contributed by atoms with Gasteiger partial charge in [-0.25, -0.2) is 4.98 Å². The number of rotatable bonds is 2. The first kappa shape index (κ1) is 12.9. The molecule has 2 atom stereocenters. The SMILES string of the molecule is CNc1nc(N2CCCC3CCCCC32)c2[nH]cnc2n1. The molecule has 6 heteroatoms. The van der Waals surface area contributed by atoms with Crippen LogP contribution in [0.25, 0.3) is 11.2 Å². The van der Waals surface area contributed by atoms with E-state index >= 15 is 0 Å². The average molecular weight is 286 g/mol. The summed E-state index contributed by atoms with van der Waals surface area (Å²) in [5, 5.41) is 3.06. The van der Waals surface area contributed by atoms with Gasteiger partial charge in [0.05, 0.1) is 6.33 Å². The molecule has 0 aromatic carbocycles. The fourth-order valence-corrected chi connectivity index (χ4v) is 4.03. The van der Waals surface area contributed by atoms with Gasteiger partial charge in [0.15, 0.2) is 11.5 Å². The average Bonchev–Trinajstić information content (AvgIpc) is 3.02. The van der Waals surface area contributed by atoms with Gasteiger partial charge in [-0.05, 0) is 31.6 Å². The molecule has 1 aliphatic heterocycles. The first-order valence-electron chi connectivity index (χ1n) is 8.02. The Morgan fingerprint density at radius 3 is 2.95 bits per heavy atom. The van der Waals surface area contributed by atoms with Crippen molar-refractivity contribution in [3.8, 4) is 0 Å². The van der Waals surface area contributed by atoms with Gasteiger partial charge in [0.25, 0.3) is 0 Å². The number of anilines is 2. The summed E-state index contributed by atoms with van der Waals surface area (Å²) in [5.41, 5.74) is 1.72. The van der Waals surface area contributed by atoms with Gasteiger partial charge in [0.2, 0.25) is 5.95 Å². The normalized spacial score (nSPS) is 25.9. The van der Waals surface area contributed by atoms with E-state index in [1.165, 1.54) is 38.5 Å². The molecular formula is C15H22N6. The number of fused-ring (bicyclic) bond motifs is 2. The molecule has 2 aromatic rings. The summed E-state index contributed by atoms with van der Waals surface area (Å²) >= 11 is 0. The van der Waals surface area contributed by atoms with Gasteiger partial charge in [-0.2, -0.15) is 9.97 Å². The lowest BCUT2D eigenvalue weighted by Gasteiger charge is -2.44. The molecule has 4 rings (SSSR count). The Morgan fingerprint density at radius 2 is 2.05 bits per heavy atom. The van der Waals surface area contributed by atoms with E-state index in [1.54, 1.807) is 6.33 Å². The van der Waals surface area contributed by atoms with Crippen LogP contribution in [-0.4, -0.2) is 39.6 Å². The second kappa shape index (κ2) is 5.16. The zero-order chi connectivity index (χ0) is 14.2. The van der Waals surface area contributed by atoms with E-state index in [9.17, 15) is 0 Å². The van der Waals surface area contributed by atoms with Gasteiger partial charge in [0, 0.05) is 19.6 Å². The first-order valence-corrected chi connectivity index (χ1v) is 8.02. The molecule has 0 amide bonds. The fourth-order valence-electron chi connectivity index (χ4n) is 4.03. The van der Waals surface area contributed by atoms with Crippen LogP contribution in [0.15, 0.2) is 6.33 Å². The molecular weight excluding hydrogens is 264 g/mol. The lowest BCUT2D eigenvalue weighted by Crippen LogP contribution is -2.47. The Morgan fingerprint density at radius 1 is 1.19 bits per heavy atom. The van der Waals surface area contributed by atoms with Crippen molar-refractivity contribution in [2.24, 2.45) is 5.92 Å². The Hall–Kier alpha value is -1.85. The summed E-state index contributed by atoms with van der Waals surface area (Å²) in [5.74, 6) is 2.51. The third kappa shape index (κ3) is 2.13. The number of aromatic nitrogens is 4. The second-order valence-corrected chi connectivity index (χ2v) is 6.17. The van der Waals surface area contributed by atoms with Crippen molar-refractivity contribution in [1.29, 1.82) is 0 Å². The largest absolute Gasteiger partial charge is 0.357 e. The Balaban J connectivity index is 1.78. The smallest absolute Gasteiger partial charge is 0.226 e. The number of hydrogen-bond donors (Lipinski definition) is 2. The summed E-state index contributed by atoms with van der Waals surface area (Å²) in [6.07, 6.45) is 9.74. The highest BCUT2D eigenvalue weighted by molar-refractivity contribution is 5.84. The van der Waals surface area contributed by atoms with Crippen molar-refractivity contribution < 1.29 is 0 Å². The highest BCUT2D eigenvalue weighted by Gasteiger charge is 2.35. The number of nitrogens with zero attached hydrogens (tertiary/aromatic N) is 4. The fraction of sp³-hybridized carbons (Fsp3) is 0.667. The zero-order valence-electron chi connectivity index (χ0n) is 12.5. The minimum atomic E-state index is 0.638. The van der Waals surface area contributed by atoms with Crippen LogP contribution in [0, 0.1) is 5.92 Å². The molecule has 21 heavy (non-hydrogen) atoms. The first-order chi connectivity index (χ1) is 10.4. The standard InChI is InChI=1S/C15H22N6/c1-16-15-19-13-12(17-9-18-13)14(20-15)21-8-4-6-10-5-2-3-7-11(10)21/h9-11H,2-8H2,1H3,(H2,16,17,18,19,20). The quantitative estimate of drug-likeness (QED) is 0.888. The number of imidazole rings is 1. The van der Waals surface area contributed by atoms with Crippen molar-refractivity contribution in [1.82, 2.24) is 19.9 Å². The summed E-state index contributed by atoms with van der Waals surface area (Å²) in [7, 11) is 1.86. The van der Waals surface area contributed by atoms with Crippen LogP contribution in [0.5, 0.6) is 0 Å². The van der Waals surface area contributed by atoms with Crippen LogP contribution in [0.1, 0.15) is 38.5 Å². The van der Waals surface area contributed by atoms with Crippen LogP contribution in [0.3, 0.4) is 0 Å². The van der Waals surface area contributed by atoms with Crippen LogP contribution in [0.2, 0.25) is 0 Å². The van der Waals surface area contributed by atoms with Gasteiger partial charge in [-0.15, -0.1) is 0 Å².